The Balaban J connectivity index is 2.02. The zero-order chi connectivity index (χ0) is 13.8. The number of para-hydroxylation sites is 2. The molecule has 3 N–H and O–H groups in total. The van der Waals surface area contributed by atoms with Crippen LogP contribution in [0.3, 0.4) is 0 Å². The van der Waals surface area contributed by atoms with Gasteiger partial charge in [-0.2, -0.15) is 0 Å². The van der Waals surface area contributed by atoms with E-state index in [0.717, 1.165) is 37.6 Å². The minimum absolute atomic E-state index is 0.0276. The Kier molecular flexibility index (Phi) is 4.27. The number of piperazine rings is 1. The van der Waals surface area contributed by atoms with Gasteiger partial charge in [-0.3, -0.25) is 10.3 Å². The molecule has 5 heteroatoms. The molecule has 1 unspecified atom stereocenters. The molecule has 104 valence electrons. The minimum Gasteiger partial charge on any atom is -0.495 e. The third kappa shape index (κ3) is 2.98. The van der Waals surface area contributed by atoms with Crippen LogP contribution in [0.1, 0.15) is 6.92 Å². The Hall–Kier alpha value is -1.75. The van der Waals surface area contributed by atoms with Crippen molar-refractivity contribution in [2.24, 2.45) is 5.73 Å². The highest BCUT2D eigenvalue weighted by Crippen LogP contribution is 2.28. The van der Waals surface area contributed by atoms with Crippen LogP contribution in [0, 0.1) is 5.41 Å². The molecule has 1 aromatic rings. The molecular formula is C14H22N4O. The van der Waals surface area contributed by atoms with Crippen LogP contribution >= 0.6 is 0 Å². The van der Waals surface area contributed by atoms with Crippen molar-refractivity contribution in [2.75, 3.05) is 38.2 Å². The van der Waals surface area contributed by atoms with E-state index in [9.17, 15) is 0 Å². The zero-order valence-corrected chi connectivity index (χ0v) is 11.6. The van der Waals surface area contributed by atoms with Gasteiger partial charge in [0.2, 0.25) is 0 Å². The van der Waals surface area contributed by atoms with E-state index in [4.69, 9.17) is 15.9 Å². The van der Waals surface area contributed by atoms with E-state index in [1.54, 1.807) is 7.11 Å². The first-order chi connectivity index (χ1) is 9.13. The van der Waals surface area contributed by atoms with Gasteiger partial charge in [0.25, 0.3) is 0 Å². The second-order valence-corrected chi connectivity index (χ2v) is 4.83. The topological polar surface area (TPSA) is 65.6 Å². The highest BCUT2D eigenvalue weighted by Gasteiger charge is 2.23. The average molecular weight is 262 g/mol. The van der Waals surface area contributed by atoms with E-state index in [1.165, 1.54) is 0 Å². The number of rotatable bonds is 4. The molecule has 1 aliphatic rings. The standard InChI is InChI=1S/C14H22N4O/c1-11(14(15)16)17-7-9-18(10-8-17)12-5-3-4-6-13(12)19-2/h3-6,11H,7-10H2,1-2H3,(H3,15,16). The lowest BCUT2D eigenvalue weighted by Crippen LogP contribution is -2.53. The summed E-state index contributed by atoms with van der Waals surface area (Å²) in [4.78, 5) is 4.57. The van der Waals surface area contributed by atoms with Crippen molar-refractivity contribution >= 4 is 11.5 Å². The number of amidine groups is 1. The molecule has 0 aromatic heterocycles. The molecule has 1 atom stereocenters. The maximum atomic E-state index is 7.52. The molecule has 2 rings (SSSR count). The molecule has 0 spiro atoms. The van der Waals surface area contributed by atoms with Gasteiger partial charge < -0.3 is 15.4 Å². The van der Waals surface area contributed by atoms with Crippen LogP contribution in [0.25, 0.3) is 0 Å². The van der Waals surface area contributed by atoms with Crippen LogP contribution in [-0.4, -0.2) is 50.1 Å². The Bertz CT molecular complexity index is 441. The van der Waals surface area contributed by atoms with E-state index >= 15 is 0 Å². The summed E-state index contributed by atoms with van der Waals surface area (Å²) in [6.07, 6.45) is 0. The van der Waals surface area contributed by atoms with Crippen molar-refractivity contribution in [3.8, 4) is 5.75 Å². The van der Waals surface area contributed by atoms with Crippen molar-refractivity contribution in [1.29, 1.82) is 5.41 Å². The summed E-state index contributed by atoms with van der Waals surface area (Å²) in [5, 5.41) is 7.52. The first-order valence-electron chi connectivity index (χ1n) is 6.59. The van der Waals surface area contributed by atoms with Crippen LogP contribution in [0.15, 0.2) is 24.3 Å². The van der Waals surface area contributed by atoms with Gasteiger partial charge in [0.05, 0.1) is 18.8 Å². The number of hydrogen-bond acceptors (Lipinski definition) is 4. The van der Waals surface area contributed by atoms with Gasteiger partial charge in [-0.25, -0.2) is 0 Å². The average Bonchev–Trinajstić information content (AvgIpc) is 2.46. The largest absolute Gasteiger partial charge is 0.495 e. The van der Waals surface area contributed by atoms with Gasteiger partial charge in [-0.1, -0.05) is 12.1 Å². The second kappa shape index (κ2) is 5.93. The van der Waals surface area contributed by atoms with Gasteiger partial charge in [0, 0.05) is 26.2 Å². The fourth-order valence-electron chi connectivity index (χ4n) is 2.44. The van der Waals surface area contributed by atoms with E-state index < -0.39 is 0 Å². The van der Waals surface area contributed by atoms with Crippen LogP contribution in [0.2, 0.25) is 0 Å². The highest BCUT2D eigenvalue weighted by atomic mass is 16.5. The van der Waals surface area contributed by atoms with E-state index in [-0.39, 0.29) is 11.9 Å². The van der Waals surface area contributed by atoms with Crippen molar-refractivity contribution in [2.45, 2.75) is 13.0 Å². The summed E-state index contributed by atoms with van der Waals surface area (Å²) in [6, 6.07) is 8.11. The molecule has 1 fully saturated rings. The lowest BCUT2D eigenvalue weighted by atomic mass is 10.2. The lowest BCUT2D eigenvalue weighted by Gasteiger charge is -2.39. The fourth-order valence-corrected chi connectivity index (χ4v) is 2.44. The summed E-state index contributed by atoms with van der Waals surface area (Å²) in [5.74, 6) is 1.15. The van der Waals surface area contributed by atoms with Crippen LogP contribution in [0.4, 0.5) is 5.69 Å². The quantitative estimate of drug-likeness (QED) is 0.631. The van der Waals surface area contributed by atoms with Gasteiger partial charge in [0.15, 0.2) is 0 Å². The molecule has 1 heterocycles. The lowest BCUT2D eigenvalue weighted by molar-refractivity contribution is 0.236. The molecular weight excluding hydrogens is 240 g/mol. The fraction of sp³-hybridized carbons (Fsp3) is 0.500. The smallest absolute Gasteiger partial charge is 0.142 e. The number of methoxy groups -OCH3 is 1. The number of hydrogen-bond donors (Lipinski definition) is 2. The molecule has 0 amide bonds. The summed E-state index contributed by atoms with van der Waals surface area (Å²) in [7, 11) is 1.70. The first-order valence-corrected chi connectivity index (χ1v) is 6.59. The van der Waals surface area contributed by atoms with Gasteiger partial charge in [0.1, 0.15) is 11.6 Å². The Morgan fingerprint density at radius 1 is 1.26 bits per heavy atom. The van der Waals surface area contributed by atoms with Crippen molar-refractivity contribution in [3.05, 3.63) is 24.3 Å². The predicted octanol–water partition coefficient (Wildman–Crippen LogP) is 1.14. The van der Waals surface area contributed by atoms with Gasteiger partial charge in [-0.05, 0) is 19.1 Å². The van der Waals surface area contributed by atoms with Gasteiger partial charge >= 0.3 is 0 Å². The van der Waals surface area contributed by atoms with Crippen molar-refractivity contribution < 1.29 is 4.74 Å². The molecule has 0 aliphatic carbocycles. The normalized spacial score (nSPS) is 18.1. The van der Waals surface area contributed by atoms with E-state index in [0.29, 0.717) is 0 Å². The number of nitrogens with one attached hydrogen (secondary N) is 1. The monoisotopic (exact) mass is 262 g/mol. The number of benzene rings is 1. The minimum atomic E-state index is 0.0276. The number of anilines is 1. The molecule has 0 saturated carbocycles. The van der Waals surface area contributed by atoms with Crippen molar-refractivity contribution in [1.82, 2.24) is 4.90 Å². The maximum Gasteiger partial charge on any atom is 0.142 e. The molecule has 0 radical (unpaired) electrons. The van der Waals surface area contributed by atoms with Gasteiger partial charge in [-0.15, -0.1) is 0 Å². The predicted molar refractivity (Wildman–Crippen MR) is 78.2 cm³/mol. The Labute approximate surface area is 114 Å². The number of nitrogens with two attached hydrogens (primary N) is 1. The van der Waals surface area contributed by atoms with Crippen LogP contribution in [0.5, 0.6) is 5.75 Å². The van der Waals surface area contributed by atoms with Crippen molar-refractivity contribution in [3.63, 3.8) is 0 Å². The Morgan fingerprint density at radius 2 is 1.89 bits per heavy atom. The Morgan fingerprint density at radius 3 is 2.47 bits per heavy atom. The zero-order valence-electron chi connectivity index (χ0n) is 11.6. The molecule has 1 saturated heterocycles. The summed E-state index contributed by atoms with van der Waals surface area (Å²) >= 11 is 0. The SMILES string of the molecule is COc1ccccc1N1CCN(C(C)C(=N)N)CC1. The van der Waals surface area contributed by atoms with E-state index in [2.05, 4.69) is 15.9 Å². The molecule has 1 aliphatic heterocycles. The third-order valence-electron chi connectivity index (χ3n) is 3.74. The third-order valence-corrected chi connectivity index (χ3v) is 3.74. The van der Waals surface area contributed by atoms with E-state index in [1.807, 2.05) is 25.1 Å². The molecule has 1 aromatic carbocycles. The van der Waals surface area contributed by atoms with Crippen LogP contribution in [-0.2, 0) is 0 Å². The molecule has 19 heavy (non-hydrogen) atoms. The molecule has 5 nitrogen and oxygen atoms in total. The maximum absolute atomic E-state index is 7.52. The highest BCUT2D eigenvalue weighted by molar-refractivity contribution is 5.82. The van der Waals surface area contributed by atoms with Crippen LogP contribution < -0.4 is 15.4 Å². The number of nitrogens with zero attached hydrogens (tertiary/aromatic N) is 2. The second-order valence-electron chi connectivity index (χ2n) is 4.83. The summed E-state index contributed by atoms with van der Waals surface area (Å²) in [5.41, 5.74) is 6.71. The number of ether oxygens (including phenoxy) is 1. The summed E-state index contributed by atoms with van der Waals surface area (Å²) in [6.45, 7) is 5.68. The summed E-state index contributed by atoms with van der Waals surface area (Å²) < 4.78 is 5.40. The first kappa shape index (κ1) is 13.7. The molecule has 0 bridgehead atoms.